The quantitative estimate of drug-likeness (QED) is 0.118. The molecule has 0 N–H and O–H groups in total. The second kappa shape index (κ2) is 16.9. The summed E-state index contributed by atoms with van der Waals surface area (Å²) < 4.78 is 53.6. The van der Waals surface area contributed by atoms with Gasteiger partial charge < -0.3 is 4.98 Å². The molecular formula is C48H44GeIrN2S-2. The van der Waals surface area contributed by atoms with Crippen LogP contribution in [0.1, 0.15) is 50.2 Å². The van der Waals surface area contributed by atoms with Crippen LogP contribution >= 0.6 is 11.3 Å². The van der Waals surface area contributed by atoms with E-state index in [9.17, 15) is 0 Å². The Morgan fingerprint density at radius 1 is 0.736 bits per heavy atom. The summed E-state index contributed by atoms with van der Waals surface area (Å²) in [5, 5.41) is 2.22. The molecule has 3 heterocycles. The fourth-order valence-corrected chi connectivity index (χ4v) is 10.6. The van der Waals surface area contributed by atoms with E-state index < -0.39 is 32.4 Å². The molecule has 0 fully saturated rings. The summed E-state index contributed by atoms with van der Waals surface area (Å²) in [6.07, 6.45) is 1.30. The van der Waals surface area contributed by atoms with E-state index in [4.69, 9.17) is 13.2 Å². The molecule has 0 aliphatic rings. The number of thiophene rings is 1. The predicted octanol–water partition coefficient (Wildman–Crippen LogP) is 12.7. The van der Waals surface area contributed by atoms with Crippen molar-refractivity contribution in [2.75, 3.05) is 0 Å². The number of hydrogen-bond acceptors (Lipinski definition) is 3. The molecule has 0 bridgehead atoms. The van der Waals surface area contributed by atoms with Gasteiger partial charge in [0.25, 0.3) is 0 Å². The molecule has 0 aliphatic heterocycles. The second-order valence-electron chi connectivity index (χ2n) is 14.1. The molecule has 267 valence electrons. The van der Waals surface area contributed by atoms with Crippen molar-refractivity contribution in [2.45, 2.75) is 50.2 Å². The first-order chi connectivity index (χ1) is 27.4. The van der Waals surface area contributed by atoms with Gasteiger partial charge in [-0.05, 0) is 51.8 Å². The Kier molecular flexibility index (Phi) is 9.93. The molecule has 0 unspecified atom stereocenters. The van der Waals surface area contributed by atoms with Gasteiger partial charge in [0.1, 0.15) is 0 Å². The maximum Gasteiger partial charge on any atom is 0.0366 e. The van der Waals surface area contributed by atoms with Gasteiger partial charge in [0.15, 0.2) is 0 Å². The Morgan fingerprint density at radius 3 is 2.15 bits per heavy atom. The molecule has 0 spiro atoms. The summed E-state index contributed by atoms with van der Waals surface area (Å²) >= 11 is -0.410. The maximum atomic E-state index is 8.78. The zero-order valence-electron chi connectivity index (χ0n) is 36.4. The molecule has 0 saturated heterocycles. The number of benzene rings is 5. The van der Waals surface area contributed by atoms with E-state index in [1.807, 2.05) is 56.4 Å². The number of aryl methyl sites for hydroxylation is 1. The molecule has 8 aromatic rings. The average molecular weight is 952 g/mol. The zero-order valence-corrected chi connectivity index (χ0v) is 35.7. The molecule has 0 amide bonds. The van der Waals surface area contributed by atoms with Crippen LogP contribution in [0.3, 0.4) is 0 Å². The Hall–Kier alpha value is -4.19. The van der Waals surface area contributed by atoms with E-state index in [1.165, 1.54) is 20.9 Å². The molecule has 0 atom stereocenters. The van der Waals surface area contributed by atoms with E-state index >= 15 is 0 Å². The summed E-state index contributed by atoms with van der Waals surface area (Å²) in [5.74, 6) is 6.43. The van der Waals surface area contributed by atoms with Crippen molar-refractivity contribution >= 4 is 49.2 Å². The summed E-state index contributed by atoms with van der Waals surface area (Å²) in [7, 11) is 0. The van der Waals surface area contributed by atoms with Crippen LogP contribution in [0, 0.1) is 19.0 Å². The number of rotatable bonds is 7. The minimum Gasteiger partial charge on any atom is -0.304 e. The molecule has 5 aromatic carbocycles. The molecule has 5 heteroatoms. The summed E-state index contributed by atoms with van der Waals surface area (Å²) in [6, 6.07) is 47.5. The average Bonchev–Trinajstić information content (AvgIpc) is 3.58. The van der Waals surface area contributed by atoms with Crippen LogP contribution in [-0.2, 0) is 26.5 Å². The topological polar surface area (TPSA) is 25.8 Å². The normalized spacial score (nSPS) is 13.7. The van der Waals surface area contributed by atoms with Crippen LogP contribution < -0.4 is 4.40 Å². The van der Waals surface area contributed by atoms with Crippen molar-refractivity contribution in [3.63, 3.8) is 0 Å². The van der Waals surface area contributed by atoms with Crippen molar-refractivity contribution in [1.29, 1.82) is 0 Å². The summed E-state index contributed by atoms with van der Waals surface area (Å²) in [5.41, 5.74) is 6.91. The third-order valence-electron chi connectivity index (χ3n) is 8.98. The monoisotopic (exact) mass is 953 g/mol. The van der Waals surface area contributed by atoms with E-state index in [2.05, 4.69) is 89.0 Å². The Morgan fingerprint density at radius 2 is 1.42 bits per heavy atom. The van der Waals surface area contributed by atoms with Gasteiger partial charge in [-0.25, -0.2) is 0 Å². The number of pyridine rings is 2. The first-order valence-corrected chi connectivity index (χ1v) is 25.6. The Balaban J connectivity index is 0.000000199. The van der Waals surface area contributed by atoms with Crippen LogP contribution in [0.2, 0.25) is 17.3 Å². The molecule has 0 aliphatic carbocycles. The molecule has 53 heavy (non-hydrogen) atoms. The fourth-order valence-electron chi connectivity index (χ4n) is 6.24. The van der Waals surface area contributed by atoms with Crippen LogP contribution in [0.15, 0.2) is 140 Å². The first kappa shape index (κ1) is 31.2. The van der Waals surface area contributed by atoms with E-state index in [0.717, 1.165) is 37.9 Å². The van der Waals surface area contributed by atoms with Crippen molar-refractivity contribution in [3.05, 3.63) is 174 Å². The number of hydrogen-bond donors (Lipinski definition) is 0. The summed E-state index contributed by atoms with van der Waals surface area (Å²) in [4.78, 5) is 9.16. The second-order valence-corrected chi connectivity index (χ2v) is 25.7. The van der Waals surface area contributed by atoms with Crippen molar-refractivity contribution in [3.8, 4) is 33.6 Å². The van der Waals surface area contributed by atoms with Crippen molar-refractivity contribution in [2.24, 2.45) is 0 Å². The third kappa shape index (κ3) is 8.96. The first-order valence-electron chi connectivity index (χ1n) is 20.4. The van der Waals surface area contributed by atoms with Crippen LogP contribution in [-0.4, -0.2) is 23.2 Å². The minimum absolute atomic E-state index is 0. The number of nitrogens with zero attached hydrogens (tertiary/aromatic N) is 2. The zero-order chi connectivity index (χ0) is 41.5. The molecular weight excluding hydrogens is 901 g/mol. The van der Waals surface area contributed by atoms with Gasteiger partial charge in [-0.3, -0.25) is 0 Å². The van der Waals surface area contributed by atoms with E-state index in [-0.39, 0.29) is 31.2 Å². The van der Waals surface area contributed by atoms with Crippen LogP contribution in [0.25, 0.3) is 53.8 Å². The SMILES string of the molecule is [2H]C(C)(C)c1cc(-c2[c-]ccc(-c3ccccc3)c2)nc[c]1[Ge]([CH3])([CH3])[CH3].[2H]C([2H])([2H])c1cnc(-c2[c-]cc3sc4ccccc4c3c2)cc1C([2H])([2H])c1ccccc1.[Ir]. The standard InChI is InChI=1S/C25H18NS.C23H26GeN.Ir/c1-17-16-26-23(15-20(17)13-18-7-3-2-4-8-18)19-11-12-25-22(14-19)21-9-5-6-10-24(21)27-25;1-17(2)21-15-23(25-16-22(21)24(3,4)5)20-13-9-12-19(14-20)18-10-7-6-8-11-18;/h2-10,12,14-16H,13H2,1H3;6-12,14-17H,1-5H3;/q2*-1;/i1D3,13D2;17D;. The van der Waals surface area contributed by atoms with Crippen molar-refractivity contribution in [1.82, 2.24) is 9.97 Å². The maximum absolute atomic E-state index is 8.78. The third-order valence-corrected chi connectivity index (χ3v) is 14.3. The Labute approximate surface area is 343 Å². The fraction of sp³-hybridized carbons (Fsp3) is 0.167. The van der Waals surface area contributed by atoms with Crippen LogP contribution in [0.4, 0.5) is 0 Å². The Bertz CT molecular complexity index is 2720. The van der Waals surface area contributed by atoms with Gasteiger partial charge >= 0.3 is 156 Å². The minimum atomic E-state index is -2.49. The molecule has 1 radical (unpaired) electrons. The molecule has 8 rings (SSSR count). The molecule has 0 saturated carbocycles. The van der Waals surface area contributed by atoms with Gasteiger partial charge in [0.2, 0.25) is 0 Å². The van der Waals surface area contributed by atoms with Crippen LogP contribution in [0.5, 0.6) is 0 Å². The van der Waals surface area contributed by atoms with Crippen molar-refractivity contribution < 1.29 is 28.3 Å². The number of aromatic nitrogens is 2. The largest absolute Gasteiger partial charge is 0.304 e. The summed E-state index contributed by atoms with van der Waals surface area (Å²) in [6.45, 7) is 1.45. The van der Waals surface area contributed by atoms with Gasteiger partial charge in [0, 0.05) is 37.9 Å². The molecule has 2 nitrogen and oxygen atoms in total. The van der Waals surface area contributed by atoms with Gasteiger partial charge in [-0.15, -0.1) is 23.8 Å². The number of fused-ring (bicyclic) bond motifs is 3. The van der Waals surface area contributed by atoms with E-state index in [0.29, 0.717) is 16.8 Å². The van der Waals surface area contributed by atoms with Gasteiger partial charge in [-0.2, -0.15) is 11.3 Å². The van der Waals surface area contributed by atoms with Gasteiger partial charge in [-0.1, -0.05) is 60.0 Å². The van der Waals surface area contributed by atoms with Gasteiger partial charge in [0.05, 0.1) is 0 Å². The molecule has 3 aromatic heterocycles. The predicted molar refractivity (Wildman–Crippen MR) is 226 cm³/mol. The smallest absolute Gasteiger partial charge is 0.0366 e. The van der Waals surface area contributed by atoms with E-state index in [1.54, 1.807) is 47.7 Å².